The van der Waals surface area contributed by atoms with Gasteiger partial charge in [0.25, 0.3) is 0 Å². The Morgan fingerprint density at radius 2 is 2.14 bits per heavy atom. The van der Waals surface area contributed by atoms with Gasteiger partial charge in [0.2, 0.25) is 0 Å². The predicted molar refractivity (Wildman–Crippen MR) is 61.0 cm³/mol. The summed E-state index contributed by atoms with van der Waals surface area (Å²) in [6.45, 7) is 7.82. The smallest absolute Gasteiger partial charge is 0.149 e. The van der Waals surface area contributed by atoms with E-state index in [2.05, 4.69) is 19.6 Å². The van der Waals surface area contributed by atoms with Gasteiger partial charge in [-0.25, -0.2) is 0 Å². The number of rotatable bonds is 4. The highest BCUT2D eigenvalue weighted by Crippen LogP contribution is 2.24. The van der Waals surface area contributed by atoms with Crippen LogP contribution >= 0.6 is 0 Å². The van der Waals surface area contributed by atoms with Crippen molar-refractivity contribution >= 4 is 14.4 Å². The van der Waals surface area contributed by atoms with Gasteiger partial charge in [-0.05, 0) is 12.8 Å². The molecule has 0 aromatic carbocycles. The molecule has 80 valence electrons. The van der Waals surface area contributed by atoms with E-state index in [9.17, 15) is 4.79 Å². The summed E-state index contributed by atoms with van der Waals surface area (Å²) in [6, 6.07) is 1.21. The van der Waals surface area contributed by atoms with Crippen molar-refractivity contribution in [3.8, 4) is 0 Å². The van der Waals surface area contributed by atoms with E-state index in [4.69, 9.17) is 4.74 Å². The second-order valence-electron chi connectivity index (χ2n) is 5.08. The van der Waals surface area contributed by atoms with Gasteiger partial charge in [-0.15, -0.1) is 0 Å². The first-order chi connectivity index (χ1) is 6.53. The predicted octanol–water partition coefficient (Wildman–Crippen LogP) is 2.98. The standard InChI is InChI=1S/C11H20O2Si/c1-14(2,3)8-6-11-10(9-12)5-4-7-13-11/h9H,4-8H2,1-3H3. The summed E-state index contributed by atoms with van der Waals surface area (Å²) >= 11 is 0. The molecule has 14 heavy (non-hydrogen) atoms. The average Bonchev–Trinajstić information content (AvgIpc) is 2.14. The van der Waals surface area contributed by atoms with Crippen molar-refractivity contribution in [1.82, 2.24) is 0 Å². The molecule has 0 amide bonds. The van der Waals surface area contributed by atoms with Crippen molar-refractivity contribution in [3.05, 3.63) is 11.3 Å². The van der Waals surface area contributed by atoms with Crippen LogP contribution in [-0.4, -0.2) is 21.0 Å². The van der Waals surface area contributed by atoms with Crippen LogP contribution in [0.2, 0.25) is 25.7 Å². The summed E-state index contributed by atoms with van der Waals surface area (Å²) in [4.78, 5) is 10.8. The van der Waals surface area contributed by atoms with Gasteiger partial charge in [-0.1, -0.05) is 25.7 Å². The van der Waals surface area contributed by atoms with Gasteiger partial charge in [0.05, 0.1) is 6.61 Å². The van der Waals surface area contributed by atoms with Crippen LogP contribution < -0.4 is 0 Å². The van der Waals surface area contributed by atoms with Gasteiger partial charge in [0.15, 0.2) is 0 Å². The summed E-state index contributed by atoms with van der Waals surface area (Å²) in [5.41, 5.74) is 0.898. The molecule has 0 aromatic heterocycles. The zero-order chi connectivity index (χ0) is 10.6. The van der Waals surface area contributed by atoms with Gasteiger partial charge < -0.3 is 4.74 Å². The average molecular weight is 212 g/mol. The van der Waals surface area contributed by atoms with Crippen LogP contribution in [0.25, 0.3) is 0 Å². The van der Waals surface area contributed by atoms with Crippen LogP contribution in [0.5, 0.6) is 0 Å². The van der Waals surface area contributed by atoms with Crippen molar-refractivity contribution in [2.24, 2.45) is 0 Å². The largest absolute Gasteiger partial charge is 0.498 e. The zero-order valence-corrected chi connectivity index (χ0v) is 10.4. The van der Waals surface area contributed by atoms with Crippen LogP contribution in [-0.2, 0) is 9.53 Å². The minimum Gasteiger partial charge on any atom is -0.498 e. The molecule has 0 saturated heterocycles. The highest BCUT2D eigenvalue weighted by Gasteiger charge is 2.18. The summed E-state index contributed by atoms with van der Waals surface area (Å²) in [7, 11) is -1.01. The molecule has 0 bridgehead atoms. The molecule has 1 aliphatic heterocycles. The van der Waals surface area contributed by atoms with Crippen molar-refractivity contribution in [2.45, 2.75) is 44.9 Å². The van der Waals surface area contributed by atoms with E-state index in [1.165, 1.54) is 6.04 Å². The number of carbonyl (C=O) groups is 1. The third-order valence-corrected chi connectivity index (χ3v) is 4.22. The van der Waals surface area contributed by atoms with Crippen LogP contribution in [0, 0.1) is 0 Å². The SMILES string of the molecule is C[Si](C)(C)CCC1=C(C=O)CCCO1. The third kappa shape index (κ3) is 3.66. The highest BCUT2D eigenvalue weighted by molar-refractivity contribution is 6.76. The van der Waals surface area contributed by atoms with Gasteiger partial charge in [-0.2, -0.15) is 0 Å². The number of hydrogen-bond donors (Lipinski definition) is 0. The fraction of sp³-hybridized carbons (Fsp3) is 0.727. The quantitative estimate of drug-likeness (QED) is 0.529. The van der Waals surface area contributed by atoms with Crippen LogP contribution in [0.15, 0.2) is 11.3 Å². The highest BCUT2D eigenvalue weighted by atomic mass is 28.3. The Kier molecular flexibility index (Phi) is 3.93. The number of hydrogen-bond acceptors (Lipinski definition) is 2. The minimum atomic E-state index is -1.01. The van der Waals surface area contributed by atoms with E-state index in [-0.39, 0.29) is 0 Å². The topological polar surface area (TPSA) is 26.3 Å². The van der Waals surface area contributed by atoms with E-state index < -0.39 is 8.07 Å². The normalized spacial score (nSPS) is 17.9. The second-order valence-corrected chi connectivity index (χ2v) is 10.7. The molecular formula is C11H20O2Si. The fourth-order valence-electron chi connectivity index (χ4n) is 1.54. The van der Waals surface area contributed by atoms with Gasteiger partial charge in [0, 0.05) is 20.1 Å². The summed E-state index contributed by atoms with van der Waals surface area (Å²) in [5, 5.41) is 0. The maximum Gasteiger partial charge on any atom is 0.149 e. The number of allylic oxidation sites excluding steroid dienone is 2. The molecule has 1 heterocycles. The molecule has 0 saturated carbocycles. The van der Waals surface area contributed by atoms with E-state index in [0.717, 1.165) is 43.5 Å². The van der Waals surface area contributed by atoms with Crippen molar-refractivity contribution in [2.75, 3.05) is 6.61 Å². The monoisotopic (exact) mass is 212 g/mol. The molecule has 0 radical (unpaired) electrons. The first-order valence-electron chi connectivity index (χ1n) is 5.33. The third-order valence-electron chi connectivity index (χ3n) is 2.47. The lowest BCUT2D eigenvalue weighted by Crippen LogP contribution is -2.20. The van der Waals surface area contributed by atoms with Crippen molar-refractivity contribution in [3.63, 3.8) is 0 Å². The first-order valence-corrected chi connectivity index (χ1v) is 9.03. The van der Waals surface area contributed by atoms with E-state index in [1.54, 1.807) is 0 Å². The van der Waals surface area contributed by atoms with E-state index in [1.807, 2.05) is 0 Å². The molecule has 0 aromatic rings. The lowest BCUT2D eigenvalue weighted by atomic mass is 10.1. The molecule has 0 unspecified atom stereocenters. The fourth-order valence-corrected chi connectivity index (χ4v) is 2.51. The molecule has 0 aliphatic carbocycles. The summed E-state index contributed by atoms with van der Waals surface area (Å²) in [6.07, 6.45) is 3.83. The van der Waals surface area contributed by atoms with E-state index in [0.29, 0.717) is 0 Å². The minimum absolute atomic E-state index is 0.790. The van der Waals surface area contributed by atoms with Crippen molar-refractivity contribution < 1.29 is 9.53 Å². The Morgan fingerprint density at radius 1 is 1.43 bits per heavy atom. The Bertz CT molecular complexity index is 238. The molecule has 2 nitrogen and oxygen atoms in total. The van der Waals surface area contributed by atoms with Crippen LogP contribution in [0.4, 0.5) is 0 Å². The number of ether oxygens (including phenoxy) is 1. The molecular weight excluding hydrogens is 192 g/mol. The van der Waals surface area contributed by atoms with Gasteiger partial charge >= 0.3 is 0 Å². The molecule has 1 rings (SSSR count). The zero-order valence-electron chi connectivity index (χ0n) is 9.43. The lowest BCUT2D eigenvalue weighted by molar-refractivity contribution is -0.105. The van der Waals surface area contributed by atoms with Crippen molar-refractivity contribution in [1.29, 1.82) is 0 Å². The molecule has 1 aliphatic rings. The Balaban J connectivity index is 2.56. The Morgan fingerprint density at radius 3 is 2.71 bits per heavy atom. The molecule has 0 fully saturated rings. The molecule has 0 N–H and O–H groups in total. The van der Waals surface area contributed by atoms with Gasteiger partial charge in [-0.3, -0.25) is 4.79 Å². The molecule has 0 spiro atoms. The Hall–Kier alpha value is -0.573. The number of aldehydes is 1. The molecule has 3 heteroatoms. The van der Waals surface area contributed by atoms with Crippen LogP contribution in [0.1, 0.15) is 19.3 Å². The lowest BCUT2D eigenvalue weighted by Gasteiger charge is -2.21. The first kappa shape index (κ1) is 11.5. The maximum absolute atomic E-state index is 10.8. The molecule has 0 atom stereocenters. The van der Waals surface area contributed by atoms with E-state index >= 15 is 0 Å². The Labute approximate surface area is 87.3 Å². The van der Waals surface area contributed by atoms with Crippen LogP contribution in [0.3, 0.4) is 0 Å². The summed E-state index contributed by atoms with van der Waals surface area (Å²) in [5.74, 6) is 0.966. The van der Waals surface area contributed by atoms with Gasteiger partial charge in [0.1, 0.15) is 12.0 Å². The second kappa shape index (κ2) is 4.78. The number of carbonyl (C=O) groups excluding carboxylic acids is 1. The maximum atomic E-state index is 10.8. The summed E-state index contributed by atoms with van der Waals surface area (Å²) < 4.78 is 5.55.